The molecule has 3 aliphatic heterocycles. The lowest BCUT2D eigenvalue weighted by atomic mass is 10.0. The molecule has 8 heteroatoms. The minimum atomic E-state index is -0.590. The van der Waals surface area contributed by atoms with Crippen molar-refractivity contribution in [3.05, 3.63) is 71.3 Å². The molecule has 3 saturated heterocycles. The average molecular weight is 548 g/mol. The van der Waals surface area contributed by atoms with Crippen LogP contribution in [-0.4, -0.2) is 79.1 Å². The number of likely N-dealkylation sites (tertiary alicyclic amines) is 2. The van der Waals surface area contributed by atoms with E-state index < -0.39 is 11.6 Å². The second kappa shape index (κ2) is 12.1. The highest BCUT2D eigenvalue weighted by atomic mass is 16.6. The van der Waals surface area contributed by atoms with Gasteiger partial charge in [0, 0.05) is 44.9 Å². The number of amides is 2. The summed E-state index contributed by atoms with van der Waals surface area (Å²) in [6.45, 7) is 10.9. The molecule has 4 unspecified atom stereocenters. The molecule has 2 aromatic carbocycles. The van der Waals surface area contributed by atoms with E-state index in [0.29, 0.717) is 36.2 Å². The van der Waals surface area contributed by atoms with Gasteiger partial charge in [0.05, 0.1) is 24.1 Å². The number of carbonyl (C=O) groups excluding carboxylic acids is 3. The van der Waals surface area contributed by atoms with Crippen LogP contribution in [0.15, 0.2) is 54.6 Å². The van der Waals surface area contributed by atoms with E-state index in [-0.39, 0.29) is 23.8 Å². The molecule has 214 valence electrons. The van der Waals surface area contributed by atoms with E-state index in [1.807, 2.05) is 43.9 Å². The van der Waals surface area contributed by atoms with Crippen molar-refractivity contribution in [2.24, 2.45) is 17.8 Å². The predicted octanol–water partition coefficient (Wildman–Crippen LogP) is 3.93. The largest absolute Gasteiger partial charge is 0.456 e. The number of carbonyl (C=O) groups is 3. The lowest BCUT2D eigenvalue weighted by Gasteiger charge is -2.25. The first-order valence-electron chi connectivity index (χ1n) is 14.4. The second-order valence-electron chi connectivity index (χ2n) is 12.4. The molecule has 2 amide bonds. The molecule has 0 aliphatic carbocycles. The van der Waals surface area contributed by atoms with Gasteiger partial charge in [0.1, 0.15) is 5.60 Å². The zero-order chi connectivity index (χ0) is 28.3. The Balaban J connectivity index is 1.14. The van der Waals surface area contributed by atoms with Gasteiger partial charge in [0.15, 0.2) is 0 Å². The first-order chi connectivity index (χ1) is 19.2. The summed E-state index contributed by atoms with van der Waals surface area (Å²) in [6.07, 6.45) is 1.62. The molecule has 3 aliphatic rings. The molecule has 0 aromatic heterocycles. The fourth-order valence-electron chi connectivity index (χ4n) is 6.09. The van der Waals surface area contributed by atoms with Crippen LogP contribution in [0.5, 0.6) is 0 Å². The van der Waals surface area contributed by atoms with Gasteiger partial charge in [-0.05, 0) is 69.2 Å². The quantitative estimate of drug-likeness (QED) is 0.504. The van der Waals surface area contributed by atoms with Crippen molar-refractivity contribution in [2.75, 3.05) is 45.9 Å². The molecule has 0 radical (unpaired) electrons. The van der Waals surface area contributed by atoms with Gasteiger partial charge in [-0.15, -0.1) is 0 Å². The Kier molecular flexibility index (Phi) is 8.57. The highest BCUT2D eigenvalue weighted by Gasteiger charge is 2.41. The van der Waals surface area contributed by atoms with Gasteiger partial charge in [-0.25, -0.2) is 4.79 Å². The van der Waals surface area contributed by atoms with Crippen LogP contribution in [0.1, 0.15) is 65.9 Å². The first kappa shape index (κ1) is 28.3. The summed E-state index contributed by atoms with van der Waals surface area (Å²) in [6, 6.07) is 17.0. The SMILES string of the molecule is CC(C)(C)OC(=O)c1cccc(C(=O)N2CC3CN(CCC(NC(=O)C4CCOC4)c4ccccc4)CC3C2)c1. The summed E-state index contributed by atoms with van der Waals surface area (Å²) < 4.78 is 10.9. The van der Waals surface area contributed by atoms with E-state index in [1.54, 1.807) is 24.3 Å². The minimum absolute atomic E-state index is 0.0332. The van der Waals surface area contributed by atoms with Gasteiger partial charge in [-0.2, -0.15) is 0 Å². The van der Waals surface area contributed by atoms with Crippen LogP contribution in [0.3, 0.4) is 0 Å². The number of hydrogen-bond acceptors (Lipinski definition) is 6. The number of ether oxygens (including phenoxy) is 2. The number of nitrogens with zero attached hydrogens (tertiary/aromatic N) is 2. The Morgan fingerprint density at radius 3 is 2.33 bits per heavy atom. The normalized spacial score (nSPS) is 23.6. The average Bonchev–Trinajstić information content (AvgIpc) is 3.68. The highest BCUT2D eigenvalue weighted by molar-refractivity contribution is 5.98. The zero-order valence-corrected chi connectivity index (χ0v) is 23.8. The van der Waals surface area contributed by atoms with Crippen molar-refractivity contribution in [3.63, 3.8) is 0 Å². The van der Waals surface area contributed by atoms with Crippen LogP contribution in [0, 0.1) is 17.8 Å². The summed E-state index contributed by atoms with van der Waals surface area (Å²) in [5.41, 5.74) is 1.45. The fourth-order valence-corrected chi connectivity index (χ4v) is 6.09. The van der Waals surface area contributed by atoms with Crippen LogP contribution >= 0.6 is 0 Å². The van der Waals surface area contributed by atoms with E-state index in [1.165, 1.54) is 0 Å². The molecule has 40 heavy (non-hydrogen) atoms. The van der Waals surface area contributed by atoms with Crippen molar-refractivity contribution >= 4 is 17.8 Å². The summed E-state index contributed by atoms with van der Waals surface area (Å²) in [5, 5.41) is 3.28. The standard InChI is InChI=1S/C32H41N3O5/c1-32(2,3)40-31(38)24-11-7-10-23(16-24)30(37)35-19-26-17-34(18-27(26)20-35)14-12-28(22-8-5-4-6-9-22)33-29(36)25-13-15-39-21-25/h4-11,16,25-28H,12-15,17-21H2,1-3H3,(H,33,36). The predicted molar refractivity (Wildman–Crippen MR) is 152 cm³/mol. The van der Waals surface area contributed by atoms with Crippen LogP contribution in [-0.2, 0) is 14.3 Å². The number of nitrogens with one attached hydrogen (secondary N) is 1. The van der Waals surface area contributed by atoms with Crippen molar-refractivity contribution < 1.29 is 23.9 Å². The monoisotopic (exact) mass is 547 g/mol. The van der Waals surface area contributed by atoms with Gasteiger partial charge in [-0.3, -0.25) is 9.59 Å². The lowest BCUT2D eigenvalue weighted by Crippen LogP contribution is -2.37. The summed E-state index contributed by atoms with van der Waals surface area (Å²) in [5.74, 6) is 0.420. The van der Waals surface area contributed by atoms with Gasteiger partial charge in [0.25, 0.3) is 5.91 Å². The molecule has 3 heterocycles. The Morgan fingerprint density at radius 2 is 1.68 bits per heavy atom. The van der Waals surface area contributed by atoms with Crippen molar-refractivity contribution in [2.45, 2.75) is 45.3 Å². The van der Waals surface area contributed by atoms with E-state index in [9.17, 15) is 14.4 Å². The zero-order valence-electron chi connectivity index (χ0n) is 23.8. The van der Waals surface area contributed by atoms with Gasteiger partial charge < -0.3 is 24.6 Å². The van der Waals surface area contributed by atoms with E-state index >= 15 is 0 Å². The molecule has 8 nitrogen and oxygen atoms in total. The number of hydrogen-bond donors (Lipinski definition) is 1. The summed E-state index contributed by atoms with van der Waals surface area (Å²) in [4.78, 5) is 43.1. The third-order valence-electron chi connectivity index (χ3n) is 8.15. The lowest BCUT2D eigenvalue weighted by molar-refractivity contribution is -0.125. The van der Waals surface area contributed by atoms with Gasteiger partial charge in [-0.1, -0.05) is 36.4 Å². The molecule has 3 fully saturated rings. The Labute approximate surface area is 237 Å². The van der Waals surface area contributed by atoms with E-state index in [0.717, 1.165) is 51.1 Å². The van der Waals surface area contributed by atoms with Gasteiger partial charge in [0.2, 0.25) is 5.91 Å². The summed E-state index contributed by atoms with van der Waals surface area (Å²) in [7, 11) is 0. The molecule has 2 aromatic rings. The minimum Gasteiger partial charge on any atom is -0.456 e. The molecule has 1 N–H and O–H groups in total. The maximum Gasteiger partial charge on any atom is 0.338 e. The van der Waals surface area contributed by atoms with Gasteiger partial charge >= 0.3 is 5.97 Å². The Bertz CT molecular complexity index is 1190. The third kappa shape index (κ3) is 6.91. The molecular weight excluding hydrogens is 506 g/mol. The van der Waals surface area contributed by atoms with E-state index in [2.05, 4.69) is 22.3 Å². The molecule has 0 bridgehead atoms. The van der Waals surface area contributed by atoms with Crippen molar-refractivity contribution in [1.82, 2.24) is 15.1 Å². The maximum atomic E-state index is 13.3. The second-order valence-corrected chi connectivity index (χ2v) is 12.4. The number of esters is 1. The van der Waals surface area contributed by atoms with E-state index in [4.69, 9.17) is 9.47 Å². The maximum absolute atomic E-state index is 13.3. The molecule has 5 rings (SSSR count). The first-order valence-corrected chi connectivity index (χ1v) is 14.4. The van der Waals surface area contributed by atoms with Crippen LogP contribution in [0.2, 0.25) is 0 Å². The topological polar surface area (TPSA) is 88.2 Å². The number of benzene rings is 2. The van der Waals surface area contributed by atoms with Crippen LogP contribution in [0.4, 0.5) is 0 Å². The smallest absolute Gasteiger partial charge is 0.338 e. The molecular formula is C32H41N3O5. The fraction of sp³-hybridized carbons (Fsp3) is 0.531. The van der Waals surface area contributed by atoms with Crippen molar-refractivity contribution in [1.29, 1.82) is 0 Å². The molecule has 0 spiro atoms. The third-order valence-corrected chi connectivity index (χ3v) is 8.15. The molecule has 0 saturated carbocycles. The Morgan fingerprint density at radius 1 is 0.975 bits per heavy atom. The number of rotatable bonds is 8. The number of fused-ring (bicyclic) bond motifs is 1. The van der Waals surface area contributed by atoms with Crippen LogP contribution in [0.25, 0.3) is 0 Å². The molecule has 4 atom stereocenters. The highest BCUT2D eigenvalue weighted by Crippen LogP contribution is 2.33. The van der Waals surface area contributed by atoms with Crippen LogP contribution < -0.4 is 5.32 Å². The Hall–Kier alpha value is -3.23. The summed E-state index contributed by atoms with van der Waals surface area (Å²) >= 11 is 0. The van der Waals surface area contributed by atoms with Crippen molar-refractivity contribution in [3.8, 4) is 0 Å².